The first-order valence-electron chi connectivity index (χ1n) is 7.47. The number of nitrogens with one attached hydrogen (secondary N) is 1. The Balaban J connectivity index is 1.59. The molecule has 4 heteroatoms. The topological polar surface area (TPSA) is 55.1 Å². The Morgan fingerprint density at radius 1 is 1.29 bits per heavy atom. The van der Waals surface area contributed by atoms with Gasteiger partial charge in [0.15, 0.2) is 0 Å². The molecule has 0 atom stereocenters. The van der Waals surface area contributed by atoms with Crippen LogP contribution in [0.4, 0.5) is 5.69 Å². The van der Waals surface area contributed by atoms with Crippen molar-refractivity contribution in [3.05, 3.63) is 46.3 Å². The molecule has 0 bridgehead atoms. The second-order valence-corrected chi connectivity index (χ2v) is 5.69. The summed E-state index contributed by atoms with van der Waals surface area (Å²) in [6.07, 6.45) is 4.62. The van der Waals surface area contributed by atoms with Crippen LogP contribution in [-0.4, -0.2) is 11.1 Å². The smallest absolute Gasteiger partial charge is 0.224 e. The van der Waals surface area contributed by atoms with E-state index in [2.05, 4.69) is 22.6 Å². The van der Waals surface area contributed by atoms with Gasteiger partial charge in [0.25, 0.3) is 0 Å². The second kappa shape index (κ2) is 5.72. The summed E-state index contributed by atoms with van der Waals surface area (Å²) in [7, 11) is 0. The summed E-state index contributed by atoms with van der Waals surface area (Å²) < 4.78 is 5.11. The number of benzene rings is 1. The van der Waals surface area contributed by atoms with Gasteiger partial charge in [0, 0.05) is 17.7 Å². The van der Waals surface area contributed by atoms with Gasteiger partial charge in [0.1, 0.15) is 5.76 Å². The third kappa shape index (κ3) is 2.99. The third-order valence-electron chi connectivity index (χ3n) is 4.17. The first-order chi connectivity index (χ1) is 10.1. The van der Waals surface area contributed by atoms with Crippen molar-refractivity contribution >= 4 is 11.6 Å². The fraction of sp³-hybridized carbons (Fsp3) is 0.412. The number of carbonyl (C=O) groups excluding carboxylic acids is 1. The van der Waals surface area contributed by atoms with Gasteiger partial charge in [-0.25, -0.2) is 0 Å². The Labute approximate surface area is 124 Å². The van der Waals surface area contributed by atoms with Crippen molar-refractivity contribution in [2.45, 2.75) is 46.0 Å². The molecule has 110 valence electrons. The summed E-state index contributed by atoms with van der Waals surface area (Å²) in [6.45, 7) is 3.79. The molecule has 21 heavy (non-hydrogen) atoms. The molecule has 1 aromatic carbocycles. The number of amides is 1. The minimum atomic E-state index is 0.0351. The maximum absolute atomic E-state index is 12.1. The first-order valence-corrected chi connectivity index (χ1v) is 7.47. The minimum absolute atomic E-state index is 0.0351. The van der Waals surface area contributed by atoms with Crippen molar-refractivity contribution in [3.8, 4) is 0 Å². The lowest BCUT2D eigenvalue weighted by Gasteiger charge is -2.07. The quantitative estimate of drug-likeness (QED) is 0.936. The summed E-state index contributed by atoms with van der Waals surface area (Å²) in [5.41, 5.74) is 5.61. The number of hydrogen-bond donors (Lipinski definition) is 1. The van der Waals surface area contributed by atoms with E-state index in [1.165, 1.54) is 17.5 Å². The fourth-order valence-electron chi connectivity index (χ4n) is 2.97. The van der Waals surface area contributed by atoms with E-state index in [1.54, 1.807) is 0 Å². The van der Waals surface area contributed by atoms with E-state index < -0.39 is 0 Å². The second-order valence-electron chi connectivity index (χ2n) is 5.69. The van der Waals surface area contributed by atoms with Crippen molar-refractivity contribution in [2.24, 2.45) is 0 Å². The average molecular weight is 284 g/mol. The van der Waals surface area contributed by atoms with Crippen LogP contribution in [0, 0.1) is 13.8 Å². The van der Waals surface area contributed by atoms with Gasteiger partial charge in [-0.2, -0.15) is 0 Å². The van der Waals surface area contributed by atoms with E-state index in [4.69, 9.17) is 4.52 Å². The molecule has 0 spiro atoms. The zero-order valence-electron chi connectivity index (χ0n) is 12.5. The van der Waals surface area contributed by atoms with E-state index in [-0.39, 0.29) is 5.91 Å². The monoisotopic (exact) mass is 284 g/mol. The normalized spacial score (nSPS) is 13.2. The molecule has 1 N–H and O–H groups in total. The fourth-order valence-corrected chi connectivity index (χ4v) is 2.97. The Morgan fingerprint density at radius 2 is 2.10 bits per heavy atom. The summed E-state index contributed by atoms with van der Waals surface area (Å²) in [5, 5.41) is 6.89. The van der Waals surface area contributed by atoms with Crippen molar-refractivity contribution < 1.29 is 9.32 Å². The highest BCUT2D eigenvalue weighted by molar-refractivity contribution is 5.91. The SMILES string of the molecule is Cc1noc(C)c1CCC(=O)Nc1ccc2c(c1)CCC2. The standard InChI is InChI=1S/C17H20N2O2/c1-11-16(12(2)21-19-11)8-9-17(20)18-15-7-6-13-4-3-5-14(13)10-15/h6-7,10H,3-5,8-9H2,1-2H3,(H,18,20). The molecule has 3 rings (SSSR count). The molecule has 4 nitrogen and oxygen atoms in total. The number of aryl methyl sites for hydroxylation is 4. The lowest BCUT2D eigenvalue weighted by atomic mass is 10.1. The van der Waals surface area contributed by atoms with Crippen LogP contribution in [-0.2, 0) is 24.1 Å². The maximum atomic E-state index is 12.1. The average Bonchev–Trinajstić information content (AvgIpc) is 3.04. The molecule has 1 amide bonds. The molecule has 1 aliphatic rings. The zero-order chi connectivity index (χ0) is 14.8. The molecule has 1 aliphatic carbocycles. The van der Waals surface area contributed by atoms with Gasteiger partial charge >= 0.3 is 0 Å². The molecule has 0 fully saturated rings. The molecule has 0 saturated heterocycles. The highest BCUT2D eigenvalue weighted by Gasteiger charge is 2.13. The largest absolute Gasteiger partial charge is 0.361 e. The molecule has 0 aliphatic heterocycles. The number of anilines is 1. The molecule has 0 saturated carbocycles. The van der Waals surface area contributed by atoms with Crippen molar-refractivity contribution in [1.29, 1.82) is 0 Å². The molecule has 1 aromatic heterocycles. The molecule has 0 radical (unpaired) electrons. The minimum Gasteiger partial charge on any atom is -0.361 e. The number of fused-ring (bicyclic) bond motifs is 1. The maximum Gasteiger partial charge on any atom is 0.224 e. The highest BCUT2D eigenvalue weighted by Crippen LogP contribution is 2.25. The number of aromatic nitrogens is 1. The zero-order valence-corrected chi connectivity index (χ0v) is 12.5. The number of rotatable bonds is 4. The number of carbonyl (C=O) groups is 1. The van der Waals surface area contributed by atoms with Gasteiger partial charge in [-0.05, 0) is 62.8 Å². The van der Waals surface area contributed by atoms with Crippen LogP contribution in [0.25, 0.3) is 0 Å². The molecule has 0 unspecified atom stereocenters. The van der Waals surface area contributed by atoms with E-state index in [1.807, 2.05) is 19.9 Å². The Morgan fingerprint density at radius 3 is 2.86 bits per heavy atom. The first kappa shape index (κ1) is 13.9. The lowest BCUT2D eigenvalue weighted by Crippen LogP contribution is -2.12. The molecule has 1 heterocycles. The van der Waals surface area contributed by atoms with Gasteiger partial charge in [-0.3, -0.25) is 4.79 Å². The summed E-state index contributed by atoms with van der Waals surface area (Å²) in [6, 6.07) is 6.24. The van der Waals surface area contributed by atoms with Gasteiger partial charge in [-0.1, -0.05) is 11.2 Å². The number of nitrogens with zero attached hydrogens (tertiary/aromatic N) is 1. The van der Waals surface area contributed by atoms with Crippen LogP contribution in [0.3, 0.4) is 0 Å². The van der Waals surface area contributed by atoms with Crippen LogP contribution in [0.15, 0.2) is 22.7 Å². The Bertz CT molecular complexity index is 654. The molecule has 2 aromatic rings. The van der Waals surface area contributed by atoms with Gasteiger partial charge in [0.05, 0.1) is 5.69 Å². The molecular weight excluding hydrogens is 264 g/mol. The molecular formula is C17H20N2O2. The van der Waals surface area contributed by atoms with Crippen LogP contribution in [0.5, 0.6) is 0 Å². The van der Waals surface area contributed by atoms with Crippen molar-refractivity contribution in [3.63, 3.8) is 0 Å². The predicted octanol–water partition coefficient (Wildman–Crippen LogP) is 3.35. The summed E-state index contributed by atoms with van der Waals surface area (Å²) >= 11 is 0. The van der Waals surface area contributed by atoms with E-state index in [9.17, 15) is 4.79 Å². The Kier molecular flexibility index (Phi) is 3.78. The number of hydrogen-bond acceptors (Lipinski definition) is 3. The van der Waals surface area contributed by atoms with E-state index in [0.29, 0.717) is 12.8 Å². The van der Waals surface area contributed by atoms with Gasteiger partial charge in [0.2, 0.25) is 5.91 Å². The van der Waals surface area contributed by atoms with Gasteiger partial charge < -0.3 is 9.84 Å². The highest BCUT2D eigenvalue weighted by atomic mass is 16.5. The van der Waals surface area contributed by atoms with Crippen LogP contribution in [0.2, 0.25) is 0 Å². The van der Waals surface area contributed by atoms with E-state index in [0.717, 1.165) is 35.5 Å². The summed E-state index contributed by atoms with van der Waals surface area (Å²) in [5.74, 6) is 0.839. The van der Waals surface area contributed by atoms with Crippen LogP contribution in [0.1, 0.15) is 41.0 Å². The van der Waals surface area contributed by atoms with E-state index >= 15 is 0 Å². The summed E-state index contributed by atoms with van der Waals surface area (Å²) in [4.78, 5) is 12.1. The third-order valence-corrected chi connectivity index (χ3v) is 4.17. The van der Waals surface area contributed by atoms with Crippen molar-refractivity contribution in [2.75, 3.05) is 5.32 Å². The Hall–Kier alpha value is -2.10. The van der Waals surface area contributed by atoms with Crippen LogP contribution < -0.4 is 5.32 Å². The lowest BCUT2D eigenvalue weighted by molar-refractivity contribution is -0.116. The van der Waals surface area contributed by atoms with Crippen LogP contribution >= 0.6 is 0 Å². The predicted molar refractivity (Wildman–Crippen MR) is 81.4 cm³/mol. The van der Waals surface area contributed by atoms with Gasteiger partial charge in [-0.15, -0.1) is 0 Å². The van der Waals surface area contributed by atoms with Crippen molar-refractivity contribution in [1.82, 2.24) is 5.16 Å².